The van der Waals surface area contributed by atoms with Gasteiger partial charge in [-0.3, -0.25) is 10.1 Å². The summed E-state index contributed by atoms with van der Waals surface area (Å²) in [6.45, 7) is 5.20. The number of nitrogens with zero attached hydrogens (tertiary/aromatic N) is 4. The first-order valence-corrected chi connectivity index (χ1v) is 7.38. The fraction of sp³-hybridized carbons (Fsp3) is 0.167. The van der Waals surface area contributed by atoms with Crippen molar-refractivity contribution in [2.75, 3.05) is 11.9 Å². The lowest BCUT2D eigenvalue weighted by Crippen LogP contribution is -2.21. The molecule has 0 aliphatic rings. The minimum atomic E-state index is -0.382. The summed E-state index contributed by atoms with van der Waals surface area (Å²) in [4.78, 5) is 12.9. The van der Waals surface area contributed by atoms with Gasteiger partial charge in [-0.1, -0.05) is 27.6 Å². The normalized spacial score (nSPS) is 10.2. The smallest absolute Gasteiger partial charge is 0.270 e. The van der Waals surface area contributed by atoms with E-state index in [1.807, 2.05) is 19.1 Å². The molecule has 2 aromatic rings. The third-order valence-corrected chi connectivity index (χ3v) is 3.43. The van der Waals surface area contributed by atoms with E-state index in [0.717, 1.165) is 19.3 Å². The summed E-state index contributed by atoms with van der Waals surface area (Å²) in [5, 5.41) is 13.6. The summed E-state index contributed by atoms with van der Waals surface area (Å²) in [6.07, 6.45) is 1.36. The molecule has 1 amide bonds. The number of amides is 1. The van der Waals surface area contributed by atoms with Crippen molar-refractivity contribution in [3.63, 3.8) is 0 Å². The number of hydrogen-bond donors (Lipinski definition) is 1. The molecule has 0 unspecified atom stereocenters. The number of rotatable bonds is 5. The first-order chi connectivity index (χ1) is 9.99. The third kappa shape index (κ3) is 4.11. The molecule has 1 aromatic carbocycles. The molecule has 21 heavy (non-hydrogen) atoms. The van der Waals surface area contributed by atoms with Crippen molar-refractivity contribution in [3.05, 3.63) is 33.2 Å². The molecule has 0 aliphatic heterocycles. The predicted molar refractivity (Wildman–Crippen MR) is 84.9 cm³/mol. The van der Waals surface area contributed by atoms with E-state index in [-0.39, 0.29) is 18.5 Å². The van der Waals surface area contributed by atoms with Crippen LogP contribution in [0.25, 0.3) is 6.20 Å². The van der Waals surface area contributed by atoms with Gasteiger partial charge in [-0.15, -0.1) is 9.90 Å². The van der Waals surface area contributed by atoms with Gasteiger partial charge in [0, 0.05) is 10.7 Å². The second kappa shape index (κ2) is 6.81. The summed E-state index contributed by atoms with van der Waals surface area (Å²) < 4.78 is 7.19. The Bertz CT molecular complexity index is 663. The Labute approximate surface area is 137 Å². The third-order valence-electron chi connectivity index (χ3n) is 2.38. The maximum absolute atomic E-state index is 11.8. The van der Waals surface area contributed by atoms with Gasteiger partial charge in [-0.05, 0) is 45.8 Å². The highest BCUT2D eigenvalue weighted by Crippen LogP contribution is 2.32. The molecule has 1 N–H and O–H groups in total. The highest BCUT2D eigenvalue weighted by Gasteiger charge is 2.11. The molecule has 0 saturated heterocycles. The average molecular weight is 417 g/mol. The van der Waals surface area contributed by atoms with Gasteiger partial charge < -0.3 is 4.74 Å². The molecule has 110 valence electrons. The van der Waals surface area contributed by atoms with Gasteiger partial charge in [0.15, 0.2) is 6.61 Å². The van der Waals surface area contributed by atoms with Crippen molar-refractivity contribution in [1.29, 1.82) is 0 Å². The van der Waals surface area contributed by atoms with Gasteiger partial charge in [-0.25, -0.2) is 0 Å². The van der Waals surface area contributed by atoms with Gasteiger partial charge >= 0.3 is 0 Å². The van der Waals surface area contributed by atoms with Crippen LogP contribution in [-0.4, -0.2) is 32.7 Å². The van der Waals surface area contributed by atoms with Crippen LogP contribution in [0.5, 0.6) is 5.75 Å². The van der Waals surface area contributed by atoms with Crippen molar-refractivity contribution in [1.82, 2.24) is 20.2 Å². The van der Waals surface area contributed by atoms with Crippen molar-refractivity contribution in [2.24, 2.45) is 0 Å². The van der Waals surface area contributed by atoms with E-state index in [1.54, 1.807) is 0 Å². The number of carbonyl (C=O) groups excluding carboxylic acids is 1. The van der Waals surface area contributed by atoms with Gasteiger partial charge in [0.05, 0.1) is 4.47 Å². The number of halogens is 2. The molecule has 1 aromatic heterocycles. The van der Waals surface area contributed by atoms with Crippen LogP contribution in [-0.2, 0) is 4.79 Å². The molecule has 0 atom stereocenters. The number of carbonyl (C=O) groups is 1. The standard InChI is InChI=1S/C12H11Br2N5O2/c1-3-19-17-12(16-18-19)15-10(20)6-21-11-7(2)4-8(13)5-9(11)14/h3-5H,1,6H2,2H3,(H,15,17,20). The monoisotopic (exact) mass is 415 g/mol. The summed E-state index contributed by atoms with van der Waals surface area (Å²) >= 11 is 6.77. The van der Waals surface area contributed by atoms with Crippen molar-refractivity contribution < 1.29 is 9.53 Å². The highest BCUT2D eigenvalue weighted by molar-refractivity contribution is 9.11. The van der Waals surface area contributed by atoms with E-state index in [0.29, 0.717) is 5.75 Å². The fourth-order valence-corrected chi connectivity index (χ4v) is 3.08. The van der Waals surface area contributed by atoms with Crippen LogP contribution in [0, 0.1) is 6.92 Å². The Morgan fingerprint density at radius 2 is 2.29 bits per heavy atom. The number of benzene rings is 1. The lowest BCUT2D eigenvalue weighted by Gasteiger charge is -2.11. The Morgan fingerprint density at radius 3 is 2.90 bits per heavy atom. The van der Waals surface area contributed by atoms with Crippen molar-refractivity contribution in [2.45, 2.75) is 6.92 Å². The quantitative estimate of drug-likeness (QED) is 0.810. The molecule has 0 fully saturated rings. The second-order valence-electron chi connectivity index (χ2n) is 3.99. The molecular formula is C12H11Br2N5O2. The summed E-state index contributed by atoms with van der Waals surface area (Å²) in [5.74, 6) is 0.318. The SMILES string of the molecule is C=Cn1nnc(NC(=O)COc2c(C)cc(Br)cc2Br)n1. The number of aromatic nitrogens is 4. The minimum Gasteiger partial charge on any atom is -0.482 e. The Kier molecular flexibility index (Phi) is 5.07. The fourth-order valence-electron chi connectivity index (χ4n) is 1.52. The molecule has 7 nitrogen and oxygen atoms in total. The largest absolute Gasteiger partial charge is 0.482 e. The number of nitrogens with one attached hydrogen (secondary N) is 1. The molecular weight excluding hydrogens is 406 g/mol. The first kappa shape index (κ1) is 15.6. The Hall–Kier alpha value is -1.74. The first-order valence-electron chi connectivity index (χ1n) is 5.80. The minimum absolute atomic E-state index is 0.0927. The van der Waals surface area contributed by atoms with Gasteiger partial charge in [-0.2, -0.15) is 0 Å². The van der Waals surface area contributed by atoms with Crippen LogP contribution in [0.4, 0.5) is 5.95 Å². The van der Waals surface area contributed by atoms with Crippen LogP contribution in [0.2, 0.25) is 0 Å². The van der Waals surface area contributed by atoms with E-state index < -0.39 is 0 Å². The molecule has 0 radical (unpaired) electrons. The number of hydrogen-bond acceptors (Lipinski definition) is 5. The maximum atomic E-state index is 11.8. The van der Waals surface area contributed by atoms with E-state index in [2.05, 4.69) is 59.2 Å². The van der Waals surface area contributed by atoms with E-state index >= 15 is 0 Å². The van der Waals surface area contributed by atoms with Gasteiger partial charge in [0.2, 0.25) is 0 Å². The zero-order valence-electron chi connectivity index (χ0n) is 11.0. The highest BCUT2D eigenvalue weighted by atomic mass is 79.9. The van der Waals surface area contributed by atoms with Crippen molar-refractivity contribution >= 4 is 49.9 Å². The topological polar surface area (TPSA) is 81.9 Å². The van der Waals surface area contributed by atoms with Crippen molar-refractivity contribution in [3.8, 4) is 5.75 Å². The summed E-state index contributed by atoms with van der Waals surface area (Å²) in [7, 11) is 0. The van der Waals surface area contributed by atoms with Crippen LogP contribution >= 0.6 is 31.9 Å². The molecule has 0 saturated carbocycles. The zero-order valence-corrected chi connectivity index (χ0v) is 14.2. The van der Waals surface area contributed by atoms with E-state index in [4.69, 9.17) is 4.74 Å². The predicted octanol–water partition coefficient (Wildman–Crippen LogP) is 2.62. The van der Waals surface area contributed by atoms with Gasteiger partial charge in [0.1, 0.15) is 5.75 Å². The number of ether oxygens (including phenoxy) is 1. The number of aryl methyl sites for hydroxylation is 1. The molecule has 9 heteroatoms. The van der Waals surface area contributed by atoms with Crippen LogP contribution in [0.3, 0.4) is 0 Å². The Morgan fingerprint density at radius 1 is 1.52 bits per heavy atom. The molecule has 0 spiro atoms. The summed E-state index contributed by atoms with van der Waals surface area (Å²) in [6, 6.07) is 3.74. The van der Waals surface area contributed by atoms with Gasteiger partial charge in [0.25, 0.3) is 11.9 Å². The maximum Gasteiger partial charge on any atom is 0.270 e. The summed E-state index contributed by atoms with van der Waals surface area (Å²) in [5.41, 5.74) is 0.903. The number of tetrazole rings is 1. The Balaban J connectivity index is 1.96. The van der Waals surface area contributed by atoms with E-state index in [9.17, 15) is 4.79 Å². The van der Waals surface area contributed by atoms with Crippen LogP contribution < -0.4 is 10.1 Å². The average Bonchev–Trinajstić information content (AvgIpc) is 2.85. The number of anilines is 1. The second-order valence-corrected chi connectivity index (χ2v) is 5.76. The van der Waals surface area contributed by atoms with E-state index in [1.165, 1.54) is 6.20 Å². The molecule has 0 aliphatic carbocycles. The molecule has 2 rings (SSSR count). The zero-order chi connectivity index (χ0) is 15.4. The lowest BCUT2D eigenvalue weighted by atomic mass is 10.2. The lowest BCUT2D eigenvalue weighted by molar-refractivity contribution is -0.118. The molecule has 0 bridgehead atoms. The van der Waals surface area contributed by atoms with Crippen LogP contribution in [0.1, 0.15) is 5.56 Å². The van der Waals surface area contributed by atoms with Crippen LogP contribution in [0.15, 0.2) is 27.7 Å². The molecule has 1 heterocycles.